The Morgan fingerprint density at radius 3 is 2.56 bits per heavy atom. The number of hydrogen-bond donors (Lipinski definition) is 0. The van der Waals surface area contributed by atoms with E-state index in [9.17, 15) is 0 Å². The van der Waals surface area contributed by atoms with Crippen LogP contribution in [0, 0.1) is 0 Å². The minimum absolute atomic E-state index is 0.556. The van der Waals surface area contributed by atoms with E-state index in [0.717, 1.165) is 20.6 Å². The summed E-state index contributed by atoms with van der Waals surface area (Å²) < 4.78 is 0.755. The molecule has 1 aromatic heterocycles. The smallest absolute Gasteiger partial charge is 0.204 e. The van der Waals surface area contributed by atoms with E-state index in [1.807, 2.05) is 53.6 Å². The topological polar surface area (TPSA) is 17.3 Å². The van der Waals surface area contributed by atoms with Crippen LogP contribution >= 0.6 is 35.2 Å². The molecule has 1 aliphatic rings. The van der Waals surface area contributed by atoms with E-state index in [1.54, 1.807) is 0 Å². The first kappa shape index (κ1) is 11.7. The van der Waals surface area contributed by atoms with Gasteiger partial charge in [-0.3, -0.25) is 4.90 Å². The molecule has 2 nitrogen and oxygen atoms in total. The van der Waals surface area contributed by atoms with E-state index < -0.39 is 0 Å². The molecular weight excluding hydrogens is 284 g/mol. The quantitative estimate of drug-likeness (QED) is 0.775. The second-order valence-corrected chi connectivity index (χ2v) is 5.80. The maximum absolute atomic E-state index is 5.93. The summed E-state index contributed by atoms with van der Waals surface area (Å²) in [5.41, 5.74) is 1.88. The van der Waals surface area contributed by atoms with Crippen molar-refractivity contribution in [1.29, 1.82) is 0 Å². The number of thiophene rings is 1. The summed E-state index contributed by atoms with van der Waals surface area (Å²) in [6.45, 7) is 0. The number of rotatable bonds is 2. The molecule has 0 fully saturated rings. The minimum atomic E-state index is 0.556. The van der Waals surface area contributed by atoms with Crippen LogP contribution < -0.4 is 10.2 Å². The Kier molecular flexibility index (Phi) is 3.07. The summed E-state index contributed by atoms with van der Waals surface area (Å²) in [4.78, 5) is 2.93. The van der Waals surface area contributed by atoms with Crippen molar-refractivity contribution >= 4 is 51.7 Å². The molecule has 0 saturated heterocycles. The third-order valence-corrected chi connectivity index (χ3v) is 4.08. The number of anilines is 1. The van der Waals surface area contributed by atoms with Crippen molar-refractivity contribution in [1.82, 2.24) is 5.32 Å². The third-order valence-electron chi connectivity index (χ3n) is 2.53. The fourth-order valence-corrected chi connectivity index (χ4v) is 2.96. The zero-order chi connectivity index (χ0) is 12.5. The highest BCUT2D eigenvalue weighted by Crippen LogP contribution is 2.31. The molecule has 0 bridgehead atoms. The van der Waals surface area contributed by atoms with Gasteiger partial charge in [-0.2, -0.15) is 0 Å². The van der Waals surface area contributed by atoms with Crippen LogP contribution in [0.4, 0.5) is 5.69 Å². The lowest BCUT2D eigenvalue weighted by Crippen LogP contribution is -2.23. The van der Waals surface area contributed by atoms with E-state index in [1.165, 1.54) is 11.3 Å². The largest absolute Gasteiger partial charge is 0.290 e. The highest BCUT2D eigenvalue weighted by atomic mass is 35.5. The molecule has 0 amide bonds. The molecular formula is C13H8ClN2S2. The van der Waals surface area contributed by atoms with Crippen molar-refractivity contribution in [3.05, 3.63) is 57.9 Å². The predicted octanol–water partition coefficient (Wildman–Crippen LogP) is 4.11. The Morgan fingerprint density at radius 1 is 1.11 bits per heavy atom. The van der Waals surface area contributed by atoms with E-state index in [4.69, 9.17) is 23.8 Å². The van der Waals surface area contributed by atoms with E-state index in [2.05, 4.69) is 5.32 Å². The molecule has 5 heteroatoms. The average Bonchev–Trinajstić information content (AvgIpc) is 2.97. The first-order valence-corrected chi connectivity index (χ1v) is 6.92. The van der Waals surface area contributed by atoms with E-state index in [0.29, 0.717) is 5.11 Å². The lowest BCUT2D eigenvalue weighted by atomic mass is 10.3. The van der Waals surface area contributed by atoms with Crippen LogP contribution in [0.3, 0.4) is 0 Å². The molecule has 0 unspecified atom stereocenters. The normalized spacial score (nSPS) is 14.6. The van der Waals surface area contributed by atoms with Crippen molar-refractivity contribution in [3.63, 3.8) is 0 Å². The molecule has 0 N–H and O–H groups in total. The van der Waals surface area contributed by atoms with Crippen molar-refractivity contribution < 1.29 is 0 Å². The number of benzene rings is 1. The van der Waals surface area contributed by atoms with Gasteiger partial charge in [0.05, 0.1) is 9.21 Å². The number of hydrogen-bond acceptors (Lipinski definition) is 2. The first-order chi connectivity index (χ1) is 8.74. The van der Waals surface area contributed by atoms with Gasteiger partial charge in [0, 0.05) is 11.9 Å². The SMILES string of the molecule is S=C1[N]C(c2ccc(Cl)s2)=CN1c1ccccc1. The molecule has 2 aromatic rings. The standard InChI is InChI=1S/C13H8ClN2S2/c14-12-7-6-11(18-12)10-8-16(13(17)15-10)9-4-2-1-3-5-9/h1-8H. The van der Waals surface area contributed by atoms with Gasteiger partial charge in [-0.15, -0.1) is 11.3 Å². The fraction of sp³-hybridized carbons (Fsp3) is 0. The molecule has 3 rings (SSSR count). The summed E-state index contributed by atoms with van der Waals surface area (Å²) in [5.74, 6) is 0. The van der Waals surface area contributed by atoms with Crippen LogP contribution in [0.5, 0.6) is 0 Å². The van der Waals surface area contributed by atoms with Gasteiger partial charge in [-0.25, -0.2) is 5.32 Å². The Labute approximate surface area is 119 Å². The predicted molar refractivity (Wildman–Crippen MR) is 81.0 cm³/mol. The fourth-order valence-electron chi connectivity index (χ4n) is 1.71. The highest BCUT2D eigenvalue weighted by Gasteiger charge is 2.22. The number of para-hydroxylation sites is 1. The van der Waals surface area contributed by atoms with Gasteiger partial charge in [0.25, 0.3) is 0 Å². The van der Waals surface area contributed by atoms with Gasteiger partial charge in [0.1, 0.15) is 5.70 Å². The Balaban J connectivity index is 1.94. The molecule has 0 aliphatic carbocycles. The van der Waals surface area contributed by atoms with Gasteiger partial charge in [0.2, 0.25) is 5.11 Å². The minimum Gasteiger partial charge on any atom is -0.290 e. The van der Waals surface area contributed by atoms with Crippen LogP contribution in [-0.4, -0.2) is 5.11 Å². The van der Waals surface area contributed by atoms with E-state index in [-0.39, 0.29) is 0 Å². The molecule has 1 radical (unpaired) electrons. The maximum Gasteiger partial charge on any atom is 0.204 e. The zero-order valence-corrected chi connectivity index (χ0v) is 11.6. The van der Waals surface area contributed by atoms with Crippen molar-refractivity contribution in [3.8, 4) is 0 Å². The molecule has 18 heavy (non-hydrogen) atoms. The summed E-state index contributed by atoms with van der Waals surface area (Å²) >= 11 is 12.7. The molecule has 1 aromatic carbocycles. The average molecular weight is 292 g/mol. The summed E-state index contributed by atoms with van der Waals surface area (Å²) in [5, 5.41) is 4.96. The first-order valence-electron chi connectivity index (χ1n) is 5.31. The van der Waals surface area contributed by atoms with Crippen molar-refractivity contribution in [2.75, 3.05) is 4.90 Å². The number of halogens is 1. The molecule has 0 atom stereocenters. The monoisotopic (exact) mass is 291 g/mol. The molecule has 0 spiro atoms. The lowest BCUT2D eigenvalue weighted by Gasteiger charge is -2.13. The van der Waals surface area contributed by atoms with E-state index >= 15 is 0 Å². The molecule has 2 heterocycles. The number of nitrogens with zero attached hydrogens (tertiary/aromatic N) is 2. The van der Waals surface area contributed by atoms with Crippen LogP contribution in [0.15, 0.2) is 48.7 Å². The third kappa shape index (κ3) is 2.14. The second kappa shape index (κ2) is 4.72. The van der Waals surface area contributed by atoms with Crippen LogP contribution in [0.1, 0.15) is 4.88 Å². The summed E-state index contributed by atoms with van der Waals surface area (Å²) in [7, 11) is 0. The van der Waals surface area contributed by atoms with Gasteiger partial charge < -0.3 is 0 Å². The van der Waals surface area contributed by atoms with Crippen molar-refractivity contribution in [2.24, 2.45) is 0 Å². The Morgan fingerprint density at radius 2 is 1.89 bits per heavy atom. The van der Waals surface area contributed by atoms with Gasteiger partial charge in [-0.1, -0.05) is 29.8 Å². The maximum atomic E-state index is 5.93. The van der Waals surface area contributed by atoms with Crippen LogP contribution in [0.25, 0.3) is 5.70 Å². The highest BCUT2D eigenvalue weighted by molar-refractivity contribution is 7.80. The van der Waals surface area contributed by atoms with Gasteiger partial charge in [0.15, 0.2) is 0 Å². The summed E-state index contributed by atoms with van der Waals surface area (Å²) in [6, 6.07) is 13.8. The van der Waals surface area contributed by atoms with Gasteiger partial charge in [-0.05, 0) is 36.5 Å². The van der Waals surface area contributed by atoms with Crippen LogP contribution in [-0.2, 0) is 0 Å². The molecule has 1 aliphatic heterocycles. The molecule has 0 saturated carbocycles. The number of thiocarbonyl (C=S) groups is 1. The van der Waals surface area contributed by atoms with Crippen molar-refractivity contribution in [2.45, 2.75) is 0 Å². The Hall–Kier alpha value is -1.36. The van der Waals surface area contributed by atoms with Crippen LogP contribution in [0.2, 0.25) is 4.34 Å². The molecule has 89 valence electrons. The Bertz CT molecular complexity index is 619. The van der Waals surface area contributed by atoms with Gasteiger partial charge >= 0.3 is 0 Å². The lowest BCUT2D eigenvalue weighted by molar-refractivity contribution is 1.31. The summed E-state index contributed by atoms with van der Waals surface area (Å²) in [6.07, 6.45) is 1.94. The zero-order valence-electron chi connectivity index (χ0n) is 9.21. The second-order valence-electron chi connectivity index (χ2n) is 3.72.